The first-order valence-electron chi connectivity index (χ1n) is 12.2. The van der Waals surface area contributed by atoms with Gasteiger partial charge in [0.05, 0.1) is 5.69 Å². The molecule has 1 aliphatic rings. The second kappa shape index (κ2) is 11.6. The highest BCUT2D eigenvalue weighted by molar-refractivity contribution is 6.00. The number of aryl methyl sites for hydroxylation is 1. The number of carbonyl (C=O) groups excluding carboxylic acids is 1. The highest BCUT2D eigenvalue weighted by Crippen LogP contribution is 2.40. The fraction of sp³-hybridized carbons (Fsp3) is 0.385. The van der Waals surface area contributed by atoms with E-state index in [1.165, 1.54) is 36.4 Å². The van der Waals surface area contributed by atoms with E-state index in [9.17, 15) is 31.1 Å². The zero-order chi connectivity index (χ0) is 28.2. The number of halogens is 6. The minimum Gasteiger partial charge on any atom is -0.424 e. The quantitative estimate of drug-likeness (QED) is 0.286. The van der Waals surface area contributed by atoms with Crippen LogP contribution in [0.2, 0.25) is 0 Å². The SMILES string of the molecule is Cc1onc(-c2ccccc2F)c1C(=O)NCCCN1CCN(c2ccccc2OC(F)(F)C(F)(F)F)CC1. The van der Waals surface area contributed by atoms with Crippen molar-refractivity contribution < 1.29 is 40.4 Å². The van der Waals surface area contributed by atoms with Gasteiger partial charge in [-0.15, -0.1) is 0 Å². The summed E-state index contributed by atoms with van der Waals surface area (Å²) in [6, 6.07) is 11.3. The highest BCUT2D eigenvalue weighted by atomic mass is 19.4. The molecule has 0 radical (unpaired) electrons. The fourth-order valence-electron chi connectivity index (χ4n) is 4.28. The van der Waals surface area contributed by atoms with Crippen molar-refractivity contribution >= 4 is 11.6 Å². The maximum Gasteiger partial charge on any atom is 0.499 e. The van der Waals surface area contributed by atoms with Gasteiger partial charge in [0.2, 0.25) is 0 Å². The van der Waals surface area contributed by atoms with Crippen LogP contribution in [-0.2, 0) is 0 Å². The Hall–Kier alpha value is -3.74. The Balaban J connectivity index is 1.27. The summed E-state index contributed by atoms with van der Waals surface area (Å²) < 4.78 is 88.2. The molecule has 210 valence electrons. The van der Waals surface area contributed by atoms with Gasteiger partial charge < -0.3 is 19.5 Å². The van der Waals surface area contributed by atoms with Gasteiger partial charge in [0, 0.05) is 38.3 Å². The first kappa shape index (κ1) is 28.3. The number of benzene rings is 2. The lowest BCUT2D eigenvalue weighted by Crippen LogP contribution is -2.47. The number of ether oxygens (including phenoxy) is 1. The lowest BCUT2D eigenvalue weighted by Gasteiger charge is -2.37. The molecule has 13 heteroatoms. The highest BCUT2D eigenvalue weighted by Gasteiger charge is 2.61. The number of rotatable bonds is 9. The van der Waals surface area contributed by atoms with Crippen LogP contribution < -0.4 is 15.0 Å². The minimum absolute atomic E-state index is 0.122. The van der Waals surface area contributed by atoms with Gasteiger partial charge in [-0.2, -0.15) is 22.0 Å². The summed E-state index contributed by atoms with van der Waals surface area (Å²) in [7, 11) is 0. The van der Waals surface area contributed by atoms with Gasteiger partial charge >= 0.3 is 12.3 Å². The van der Waals surface area contributed by atoms with Crippen LogP contribution in [0.4, 0.5) is 32.0 Å². The molecule has 3 aromatic rings. The number of amides is 1. The monoisotopic (exact) mass is 556 g/mol. The number of nitrogens with one attached hydrogen (secondary N) is 1. The van der Waals surface area contributed by atoms with Crippen molar-refractivity contribution in [2.24, 2.45) is 0 Å². The predicted molar refractivity (Wildman–Crippen MR) is 130 cm³/mol. The van der Waals surface area contributed by atoms with Crippen molar-refractivity contribution in [1.82, 2.24) is 15.4 Å². The van der Waals surface area contributed by atoms with Crippen LogP contribution >= 0.6 is 0 Å². The van der Waals surface area contributed by atoms with Gasteiger partial charge in [0.15, 0.2) is 0 Å². The predicted octanol–water partition coefficient (Wildman–Crippen LogP) is 5.27. The van der Waals surface area contributed by atoms with E-state index in [0.29, 0.717) is 45.7 Å². The summed E-state index contributed by atoms with van der Waals surface area (Å²) in [4.78, 5) is 16.6. The molecular formula is C26H26F6N4O3. The number of aromatic nitrogens is 1. The largest absolute Gasteiger partial charge is 0.499 e. The molecule has 2 heterocycles. The molecule has 1 N–H and O–H groups in total. The molecule has 1 aromatic heterocycles. The Morgan fingerprint density at radius 1 is 1.03 bits per heavy atom. The van der Waals surface area contributed by atoms with E-state index >= 15 is 0 Å². The summed E-state index contributed by atoms with van der Waals surface area (Å²) >= 11 is 0. The van der Waals surface area contributed by atoms with E-state index in [1.54, 1.807) is 17.9 Å². The van der Waals surface area contributed by atoms with Gasteiger partial charge in [-0.05, 0) is 44.2 Å². The first-order chi connectivity index (χ1) is 18.5. The zero-order valence-electron chi connectivity index (χ0n) is 20.9. The molecule has 4 rings (SSSR count). The minimum atomic E-state index is -5.83. The molecule has 1 amide bonds. The van der Waals surface area contributed by atoms with Gasteiger partial charge in [0.1, 0.15) is 28.6 Å². The van der Waals surface area contributed by atoms with Gasteiger partial charge in [0.25, 0.3) is 5.91 Å². The molecular weight excluding hydrogens is 530 g/mol. The average molecular weight is 557 g/mol. The smallest absolute Gasteiger partial charge is 0.424 e. The van der Waals surface area contributed by atoms with Crippen LogP contribution in [-0.4, -0.2) is 67.5 Å². The molecule has 1 aliphatic heterocycles. The summed E-state index contributed by atoms with van der Waals surface area (Å²) in [6.45, 7) is 4.33. The Kier molecular flexibility index (Phi) is 8.38. The third-order valence-corrected chi connectivity index (χ3v) is 6.30. The summed E-state index contributed by atoms with van der Waals surface area (Å²) in [5.74, 6) is -1.25. The van der Waals surface area contributed by atoms with Crippen LogP contribution in [0.5, 0.6) is 5.75 Å². The van der Waals surface area contributed by atoms with Gasteiger partial charge in [-0.25, -0.2) is 4.39 Å². The molecule has 0 bridgehead atoms. The van der Waals surface area contributed by atoms with Crippen molar-refractivity contribution in [3.63, 3.8) is 0 Å². The lowest BCUT2D eigenvalue weighted by molar-refractivity contribution is -0.360. The van der Waals surface area contributed by atoms with Crippen LogP contribution in [0, 0.1) is 12.7 Å². The summed E-state index contributed by atoms with van der Waals surface area (Å²) in [6.07, 6.45) is -10.6. The van der Waals surface area contributed by atoms with Crippen molar-refractivity contribution in [2.75, 3.05) is 44.2 Å². The lowest BCUT2D eigenvalue weighted by atomic mass is 10.1. The van der Waals surface area contributed by atoms with Crippen LogP contribution in [0.25, 0.3) is 11.3 Å². The Bertz CT molecular complexity index is 1290. The Labute approximate surface area is 220 Å². The van der Waals surface area contributed by atoms with Crippen molar-refractivity contribution in [3.05, 3.63) is 65.7 Å². The number of anilines is 1. The Morgan fingerprint density at radius 3 is 2.38 bits per heavy atom. The van der Waals surface area contributed by atoms with Crippen molar-refractivity contribution in [3.8, 4) is 17.0 Å². The second-order valence-electron chi connectivity index (χ2n) is 8.96. The molecule has 1 fully saturated rings. The van der Waals surface area contributed by atoms with E-state index in [1.807, 2.05) is 0 Å². The zero-order valence-corrected chi connectivity index (χ0v) is 20.9. The number of hydrogen-bond donors (Lipinski definition) is 1. The van der Waals surface area contributed by atoms with Gasteiger partial charge in [-0.1, -0.05) is 29.4 Å². The summed E-state index contributed by atoms with van der Waals surface area (Å²) in [5, 5.41) is 6.64. The van der Waals surface area contributed by atoms with E-state index in [-0.39, 0.29) is 28.3 Å². The third kappa shape index (κ3) is 6.47. The normalized spacial score (nSPS) is 14.9. The average Bonchev–Trinajstić information content (AvgIpc) is 3.28. The number of alkyl halides is 5. The Morgan fingerprint density at radius 2 is 1.69 bits per heavy atom. The molecule has 0 atom stereocenters. The maximum absolute atomic E-state index is 14.2. The van der Waals surface area contributed by atoms with Crippen LogP contribution in [0.3, 0.4) is 0 Å². The standard InChI is InChI=1S/C26H26F6N4O3/c1-17-22(23(34-39-17)18-7-2-3-8-19(18)27)24(37)33-11-6-12-35-13-15-36(16-14-35)20-9-4-5-10-21(20)38-26(31,32)25(28,29)30/h2-5,7-10H,6,11-16H2,1H3,(H,33,37). The molecule has 7 nitrogen and oxygen atoms in total. The van der Waals surface area contributed by atoms with E-state index in [2.05, 4.69) is 20.1 Å². The fourth-order valence-corrected chi connectivity index (χ4v) is 4.28. The van der Waals surface area contributed by atoms with Crippen molar-refractivity contribution in [1.29, 1.82) is 0 Å². The molecule has 0 aliphatic carbocycles. The molecule has 2 aromatic carbocycles. The first-order valence-corrected chi connectivity index (χ1v) is 12.2. The summed E-state index contributed by atoms with van der Waals surface area (Å²) in [5.41, 5.74) is 0.594. The topological polar surface area (TPSA) is 70.8 Å². The number of para-hydroxylation sites is 2. The van der Waals surface area contributed by atoms with Crippen LogP contribution in [0.15, 0.2) is 53.1 Å². The molecule has 0 saturated carbocycles. The third-order valence-electron chi connectivity index (χ3n) is 6.30. The molecule has 0 unspecified atom stereocenters. The number of hydrogen-bond acceptors (Lipinski definition) is 6. The number of piperazine rings is 1. The van der Waals surface area contributed by atoms with Gasteiger partial charge in [-0.3, -0.25) is 9.69 Å². The number of nitrogens with zero attached hydrogens (tertiary/aromatic N) is 3. The molecule has 1 saturated heterocycles. The van der Waals surface area contributed by atoms with E-state index < -0.39 is 29.8 Å². The second-order valence-corrected chi connectivity index (χ2v) is 8.96. The van der Waals surface area contributed by atoms with Crippen molar-refractivity contribution in [2.45, 2.75) is 25.6 Å². The number of carbonyl (C=O) groups is 1. The van der Waals surface area contributed by atoms with E-state index in [4.69, 9.17) is 4.52 Å². The molecule has 39 heavy (non-hydrogen) atoms. The van der Waals surface area contributed by atoms with Crippen LogP contribution in [0.1, 0.15) is 22.5 Å². The maximum atomic E-state index is 14.2. The van der Waals surface area contributed by atoms with E-state index in [0.717, 1.165) is 6.07 Å². The molecule has 0 spiro atoms.